The molecule has 5 N–H and O–H groups in total. The fourth-order valence-electron chi connectivity index (χ4n) is 2.25. The lowest BCUT2D eigenvalue weighted by atomic mass is 10.0. The topological polar surface area (TPSA) is 138 Å². The molecule has 0 heterocycles. The summed E-state index contributed by atoms with van der Waals surface area (Å²) in [6, 6.07) is 0. The maximum atomic E-state index is 11.4. The molecule has 0 saturated carbocycles. The van der Waals surface area contributed by atoms with E-state index in [2.05, 4.69) is 19.2 Å². The van der Waals surface area contributed by atoms with E-state index in [0.29, 0.717) is 59.2 Å². The third kappa shape index (κ3) is 24.7. The van der Waals surface area contributed by atoms with Crippen LogP contribution < -0.4 is 11.5 Å². The fourth-order valence-corrected chi connectivity index (χ4v) is 2.25. The van der Waals surface area contributed by atoms with Crippen LogP contribution in [0.15, 0.2) is 0 Å². The maximum Gasteiger partial charge on any atom is 0.303 e. The zero-order valence-corrected chi connectivity index (χ0v) is 18.3. The van der Waals surface area contributed by atoms with Gasteiger partial charge in [0.1, 0.15) is 0 Å². The number of ether oxygens (including phenoxy) is 4. The van der Waals surface area contributed by atoms with Crippen molar-refractivity contribution in [3.63, 3.8) is 0 Å². The summed E-state index contributed by atoms with van der Waals surface area (Å²) in [6.07, 6.45) is 4.12. The van der Waals surface area contributed by atoms with E-state index in [4.69, 9.17) is 24.1 Å². The standard InChI is InChI=1S/C20H39NO7.H3N/c1-3-18(2)6-5-10-25-12-14-27-16-17-28-15-13-26-11-9-21-19(22)7-4-8-20(23)24;/h18H,3-17H2,1-2H3,(H,21,22)(H,23,24);1H3. The highest BCUT2D eigenvalue weighted by molar-refractivity contribution is 5.76. The Morgan fingerprint density at radius 1 is 0.828 bits per heavy atom. The van der Waals surface area contributed by atoms with Crippen molar-refractivity contribution in [2.24, 2.45) is 5.92 Å². The summed E-state index contributed by atoms with van der Waals surface area (Å²) in [7, 11) is 0. The van der Waals surface area contributed by atoms with E-state index >= 15 is 0 Å². The predicted molar refractivity (Wildman–Crippen MR) is 111 cm³/mol. The molecule has 1 unspecified atom stereocenters. The number of carboxylic acid groups (broad SMARTS) is 1. The molecule has 1 amide bonds. The molecular weight excluding hydrogens is 380 g/mol. The van der Waals surface area contributed by atoms with E-state index in [1.54, 1.807) is 0 Å². The van der Waals surface area contributed by atoms with E-state index in [0.717, 1.165) is 18.9 Å². The number of amides is 1. The zero-order chi connectivity index (χ0) is 20.9. The molecule has 9 heteroatoms. The highest BCUT2D eigenvalue weighted by Crippen LogP contribution is 2.08. The van der Waals surface area contributed by atoms with Gasteiger partial charge < -0.3 is 35.5 Å². The van der Waals surface area contributed by atoms with Gasteiger partial charge in [0.05, 0.1) is 46.2 Å². The third-order valence-corrected chi connectivity index (χ3v) is 4.16. The molecule has 1 atom stereocenters. The predicted octanol–water partition coefficient (Wildman–Crippen LogP) is 2.41. The molecule has 29 heavy (non-hydrogen) atoms. The summed E-state index contributed by atoms with van der Waals surface area (Å²) in [5.74, 6) is -0.268. The van der Waals surface area contributed by atoms with Crippen molar-refractivity contribution in [1.82, 2.24) is 11.5 Å². The van der Waals surface area contributed by atoms with Crippen LogP contribution in [0.1, 0.15) is 52.4 Å². The van der Waals surface area contributed by atoms with Crippen LogP contribution in [-0.2, 0) is 28.5 Å². The third-order valence-electron chi connectivity index (χ3n) is 4.16. The van der Waals surface area contributed by atoms with Gasteiger partial charge in [0.2, 0.25) is 5.91 Å². The number of carbonyl (C=O) groups excluding carboxylic acids is 1. The van der Waals surface area contributed by atoms with Gasteiger partial charge in [-0.1, -0.05) is 20.3 Å². The van der Waals surface area contributed by atoms with Crippen molar-refractivity contribution in [1.29, 1.82) is 0 Å². The largest absolute Gasteiger partial charge is 0.481 e. The number of rotatable bonds is 21. The zero-order valence-electron chi connectivity index (χ0n) is 18.3. The van der Waals surface area contributed by atoms with E-state index in [1.807, 2.05) is 0 Å². The molecular formula is C20H42N2O7. The smallest absolute Gasteiger partial charge is 0.303 e. The summed E-state index contributed by atoms with van der Waals surface area (Å²) < 4.78 is 21.7. The average molecular weight is 423 g/mol. The first-order valence-electron chi connectivity index (χ1n) is 10.4. The first-order valence-corrected chi connectivity index (χ1v) is 10.4. The number of hydrogen-bond acceptors (Lipinski definition) is 7. The minimum atomic E-state index is -0.887. The highest BCUT2D eigenvalue weighted by Gasteiger charge is 2.03. The summed E-state index contributed by atoms with van der Waals surface area (Å²) >= 11 is 0. The van der Waals surface area contributed by atoms with E-state index in [-0.39, 0.29) is 24.9 Å². The molecule has 174 valence electrons. The Hall–Kier alpha value is -1.26. The minimum Gasteiger partial charge on any atom is -0.481 e. The number of nitrogens with one attached hydrogen (secondary N) is 1. The Morgan fingerprint density at radius 3 is 1.86 bits per heavy atom. The van der Waals surface area contributed by atoms with Crippen LogP contribution in [0.2, 0.25) is 0 Å². The Labute approximate surface area is 175 Å². The van der Waals surface area contributed by atoms with Crippen molar-refractivity contribution < 1.29 is 33.6 Å². The van der Waals surface area contributed by atoms with E-state index in [1.165, 1.54) is 12.8 Å². The second-order valence-corrected chi connectivity index (χ2v) is 6.70. The van der Waals surface area contributed by atoms with Crippen LogP contribution in [-0.4, -0.2) is 76.4 Å². The van der Waals surface area contributed by atoms with E-state index < -0.39 is 5.97 Å². The quantitative estimate of drug-likeness (QED) is 0.240. The van der Waals surface area contributed by atoms with Crippen LogP contribution >= 0.6 is 0 Å². The van der Waals surface area contributed by atoms with Crippen LogP contribution in [0.5, 0.6) is 0 Å². The molecule has 0 bridgehead atoms. The Bertz CT molecular complexity index is 384. The molecule has 9 nitrogen and oxygen atoms in total. The molecule has 0 aliphatic heterocycles. The lowest BCUT2D eigenvalue weighted by Gasteiger charge is -2.09. The van der Waals surface area contributed by atoms with Crippen LogP contribution in [0.3, 0.4) is 0 Å². The van der Waals surface area contributed by atoms with Gasteiger partial charge in [-0.15, -0.1) is 0 Å². The van der Waals surface area contributed by atoms with Crippen molar-refractivity contribution in [3.8, 4) is 0 Å². The molecule has 0 saturated heterocycles. The number of carboxylic acids is 1. The Kier molecular flexibility index (Phi) is 23.8. The van der Waals surface area contributed by atoms with Crippen LogP contribution in [0, 0.1) is 5.92 Å². The van der Waals surface area contributed by atoms with Crippen LogP contribution in [0.25, 0.3) is 0 Å². The van der Waals surface area contributed by atoms with Gasteiger partial charge in [0, 0.05) is 26.0 Å². The van der Waals surface area contributed by atoms with Crippen molar-refractivity contribution in [2.45, 2.75) is 52.4 Å². The SMILES string of the molecule is CCC(C)CCCOCCOCCOCCOCCNC(=O)CCCC(=O)O.N. The molecule has 0 aliphatic carbocycles. The normalized spacial score (nSPS) is 11.7. The van der Waals surface area contributed by atoms with Crippen LogP contribution in [0.4, 0.5) is 0 Å². The van der Waals surface area contributed by atoms with Gasteiger partial charge in [-0.2, -0.15) is 0 Å². The molecule has 0 aromatic carbocycles. The molecule has 0 spiro atoms. The second-order valence-electron chi connectivity index (χ2n) is 6.70. The van der Waals surface area contributed by atoms with Gasteiger partial charge in [-0.3, -0.25) is 9.59 Å². The molecule has 0 radical (unpaired) electrons. The number of carbonyl (C=O) groups is 2. The van der Waals surface area contributed by atoms with Gasteiger partial charge in [0.15, 0.2) is 0 Å². The number of hydrogen-bond donors (Lipinski definition) is 3. The van der Waals surface area contributed by atoms with Crippen molar-refractivity contribution in [2.75, 3.05) is 59.4 Å². The number of aliphatic carboxylic acids is 1. The van der Waals surface area contributed by atoms with Gasteiger partial charge in [-0.25, -0.2) is 0 Å². The van der Waals surface area contributed by atoms with Crippen molar-refractivity contribution >= 4 is 11.9 Å². The first kappa shape index (κ1) is 29.9. The first-order chi connectivity index (χ1) is 13.6. The molecule has 0 aromatic heterocycles. The summed E-state index contributed by atoms with van der Waals surface area (Å²) in [5.41, 5.74) is 0. The second kappa shape index (κ2) is 23.0. The summed E-state index contributed by atoms with van der Waals surface area (Å²) in [4.78, 5) is 21.7. The summed E-state index contributed by atoms with van der Waals surface area (Å²) in [6.45, 7) is 9.25. The van der Waals surface area contributed by atoms with Crippen molar-refractivity contribution in [3.05, 3.63) is 0 Å². The Balaban J connectivity index is 0. The van der Waals surface area contributed by atoms with Gasteiger partial charge in [0.25, 0.3) is 0 Å². The molecule has 0 aromatic rings. The fraction of sp³-hybridized carbons (Fsp3) is 0.900. The molecule has 0 fully saturated rings. The lowest BCUT2D eigenvalue weighted by molar-refractivity contribution is -0.137. The van der Waals surface area contributed by atoms with Gasteiger partial charge >= 0.3 is 5.97 Å². The highest BCUT2D eigenvalue weighted by atomic mass is 16.6. The molecule has 0 aliphatic rings. The summed E-state index contributed by atoms with van der Waals surface area (Å²) in [5, 5.41) is 11.2. The van der Waals surface area contributed by atoms with Gasteiger partial charge in [-0.05, 0) is 25.2 Å². The minimum absolute atomic E-state index is 0. The Morgan fingerprint density at radius 2 is 1.34 bits per heavy atom. The maximum absolute atomic E-state index is 11.4. The van der Waals surface area contributed by atoms with E-state index in [9.17, 15) is 9.59 Å². The lowest BCUT2D eigenvalue weighted by Crippen LogP contribution is -2.27. The molecule has 0 rings (SSSR count). The average Bonchev–Trinajstić information content (AvgIpc) is 2.67. The monoisotopic (exact) mass is 422 g/mol.